The molecule has 0 aliphatic rings. The molecule has 24 heavy (non-hydrogen) atoms. The van der Waals surface area contributed by atoms with Crippen molar-refractivity contribution in [3.8, 4) is 11.6 Å². The number of methoxy groups -OCH3 is 1. The molecule has 0 aliphatic heterocycles. The van der Waals surface area contributed by atoms with Gasteiger partial charge in [-0.25, -0.2) is 4.68 Å². The molecule has 1 aromatic carbocycles. The Morgan fingerprint density at radius 2 is 2.00 bits per heavy atom. The third kappa shape index (κ3) is 3.21. The van der Waals surface area contributed by atoms with Gasteiger partial charge in [0.2, 0.25) is 5.88 Å². The van der Waals surface area contributed by atoms with Crippen LogP contribution in [0.25, 0.3) is 5.69 Å². The number of amides is 1. The lowest BCUT2D eigenvalue weighted by molar-refractivity contribution is 0.102. The van der Waals surface area contributed by atoms with Gasteiger partial charge in [-0.2, -0.15) is 0 Å². The molecule has 0 atom stereocenters. The predicted octanol–water partition coefficient (Wildman–Crippen LogP) is 2.89. The predicted molar refractivity (Wildman–Crippen MR) is 89.8 cm³/mol. The fourth-order valence-electron chi connectivity index (χ4n) is 2.07. The van der Waals surface area contributed by atoms with E-state index in [4.69, 9.17) is 16.3 Å². The van der Waals surface area contributed by atoms with Gasteiger partial charge in [0, 0.05) is 17.8 Å². The average Bonchev–Trinajstić information content (AvgIpc) is 2.95. The van der Waals surface area contributed by atoms with Crippen molar-refractivity contribution in [1.29, 1.82) is 0 Å². The van der Waals surface area contributed by atoms with Crippen LogP contribution in [0.5, 0.6) is 5.88 Å². The number of nitrogens with one attached hydrogen (secondary N) is 1. The zero-order valence-electron chi connectivity index (χ0n) is 13.0. The minimum Gasteiger partial charge on any atom is -0.480 e. The normalized spacial score (nSPS) is 10.5. The topological polar surface area (TPSA) is 81.9 Å². The van der Waals surface area contributed by atoms with Gasteiger partial charge in [-0.05, 0) is 25.1 Å². The molecule has 0 aliphatic carbocycles. The first-order chi connectivity index (χ1) is 11.6. The van der Waals surface area contributed by atoms with Crippen molar-refractivity contribution in [3.63, 3.8) is 0 Å². The van der Waals surface area contributed by atoms with E-state index >= 15 is 0 Å². The molecular weight excluding hydrogens is 330 g/mol. The van der Waals surface area contributed by atoms with Crippen LogP contribution in [0.4, 0.5) is 5.82 Å². The van der Waals surface area contributed by atoms with Crippen LogP contribution in [0.2, 0.25) is 5.02 Å². The standard InChI is InChI=1S/C16H14ClN5O2/c1-10-9-22(13-6-4-3-5-11(13)17)21-15(10)18-16(23)12-7-8-14(24-2)20-19-12/h3-9H,1-2H3,(H,18,21,23). The summed E-state index contributed by atoms with van der Waals surface area (Å²) in [6.07, 6.45) is 1.79. The van der Waals surface area contributed by atoms with E-state index in [1.54, 1.807) is 23.0 Å². The third-order valence-corrected chi connectivity index (χ3v) is 3.63. The largest absolute Gasteiger partial charge is 0.480 e. The maximum absolute atomic E-state index is 12.2. The van der Waals surface area contributed by atoms with E-state index in [2.05, 4.69) is 20.6 Å². The number of carbonyl (C=O) groups excluding carboxylic acids is 1. The highest BCUT2D eigenvalue weighted by Gasteiger charge is 2.14. The molecule has 2 aromatic heterocycles. The fraction of sp³-hybridized carbons (Fsp3) is 0.125. The second kappa shape index (κ2) is 6.67. The van der Waals surface area contributed by atoms with Crippen LogP contribution in [0.1, 0.15) is 16.1 Å². The number of ether oxygens (including phenoxy) is 1. The number of hydrogen-bond acceptors (Lipinski definition) is 5. The van der Waals surface area contributed by atoms with E-state index in [9.17, 15) is 4.79 Å². The zero-order chi connectivity index (χ0) is 17.1. The number of halogens is 1. The van der Waals surface area contributed by atoms with Gasteiger partial charge in [-0.15, -0.1) is 15.3 Å². The molecule has 0 bridgehead atoms. The van der Waals surface area contributed by atoms with Crippen molar-refractivity contribution in [3.05, 3.63) is 58.9 Å². The SMILES string of the molecule is COc1ccc(C(=O)Nc2nn(-c3ccccc3Cl)cc2C)nn1. The highest BCUT2D eigenvalue weighted by atomic mass is 35.5. The molecule has 0 radical (unpaired) electrons. The summed E-state index contributed by atoms with van der Waals surface area (Å²) in [6, 6.07) is 10.4. The summed E-state index contributed by atoms with van der Waals surface area (Å²) in [5, 5.41) is 15.2. The van der Waals surface area contributed by atoms with E-state index in [1.165, 1.54) is 13.2 Å². The Bertz CT molecular complexity index is 876. The molecule has 0 saturated carbocycles. The Morgan fingerprint density at radius 3 is 2.67 bits per heavy atom. The summed E-state index contributed by atoms with van der Waals surface area (Å²) >= 11 is 6.17. The van der Waals surface area contributed by atoms with E-state index < -0.39 is 5.91 Å². The Balaban J connectivity index is 1.83. The zero-order valence-corrected chi connectivity index (χ0v) is 13.8. The number of para-hydroxylation sites is 1. The van der Waals surface area contributed by atoms with Gasteiger partial charge in [-0.1, -0.05) is 23.7 Å². The summed E-state index contributed by atoms with van der Waals surface area (Å²) in [6.45, 7) is 1.84. The van der Waals surface area contributed by atoms with Crippen LogP contribution in [-0.4, -0.2) is 33.0 Å². The van der Waals surface area contributed by atoms with E-state index in [-0.39, 0.29) is 5.69 Å². The first-order valence-corrected chi connectivity index (χ1v) is 7.46. The van der Waals surface area contributed by atoms with Gasteiger partial charge in [0.25, 0.3) is 5.91 Å². The second-order valence-corrected chi connectivity index (χ2v) is 5.38. The highest BCUT2D eigenvalue weighted by molar-refractivity contribution is 6.32. The Morgan fingerprint density at radius 1 is 1.21 bits per heavy atom. The van der Waals surface area contributed by atoms with Crippen LogP contribution in [-0.2, 0) is 0 Å². The van der Waals surface area contributed by atoms with Gasteiger partial charge in [0.15, 0.2) is 11.5 Å². The van der Waals surface area contributed by atoms with E-state index in [0.717, 1.165) is 11.3 Å². The van der Waals surface area contributed by atoms with Crippen molar-refractivity contribution in [2.45, 2.75) is 6.92 Å². The summed E-state index contributed by atoms with van der Waals surface area (Å²) in [5.74, 6) is 0.362. The fourth-order valence-corrected chi connectivity index (χ4v) is 2.29. The van der Waals surface area contributed by atoms with Gasteiger partial charge in [0.1, 0.15) is 0 Å². The number of carbonyl (C=O) groups is 1. The monoisotopic (exact) mass is 343 g/mol. The lowest BCUT2D eigenvalue weighted by atomic mass is 10.3. The molecule has 3 rings (SSSR count). The quantitative estimate of drug-likeness (QED) is 0.787. The summed E-state index contributed by atoms with van der Waals surface area (Å²) in [7, 11) is 1.48. The summed E-state index contributed by atoms with van der Waals surface area (Å²) in [5.41, 5.74) is 1.69. The number of nitrogens with zero attached hydrogens (tertiary/aromatic N) is 4. The molecule has 0 saturated heterocycles. The van der Waals surface area contributed by atoms with Crippen LogP contribution >= 0.6 is 11.6 Å². The summed E-state index contributed by atoms with van der Waals surface area (Å²) < 4.78 is 6.53. The molecule has 3 aromatic rings. The molecule has 7 nitrogen and oxygen atoms in total. The number of hydrogen-bond donors (Lipinski definition) is 1. The molecule has 0 unspecified atom stereocenters. The van der Waals surface area contributed by atoms with Gasteiger partial charge in [-0.3, -0.25) is 4.79 Å². The van der Waals surface area contributed by atoms with Crippen LogP contribution in [0.3, 0.4) is 0 Å². The van der Waals surface area contributed by atoms with E-state index in [0.29, 0.717) is 16.7 Å². The molecule has 2 heterocycles. The molecular formula is C16H14ClN5O2. The molecule has 1 N–H and O–H groups in total. The lowest BCUT2D eigenvalue weighted by Crippen LogP contribution is -2.15. The molecule has 0 spiro atoms. The first-order valence-electron chi connectivity index (χ1n) is 7.08. The molecule has 8 heteroatoms. The number of rotatable bonds is 4. The second-order valence-electron chi connectivity index (χ2n) is 4.97. The van der Waals surface area contributed by atoms with Crippen molar-refractivity contribution < 1.29 is 9.53 Å². The smallest absolute Gasteiger partial charge is 0.277 e. The Labute approximate surface area is 143 Å². The third-order valence-electron chi connectivity index (χ3n) is 3.31. The Hall–Kier alpha value is -2.93. The maximum atomic E-state index is 12.2. The number of aryl methyl sites for hydroxylation is 1. The van der Waals surface area contributed by atoms with E-state index in [1.807, 2.05) is 25.1 Å². The molecule has 122 valence electrons. The van der Waals surface area contributed by atoms with Crippen molar-refractivity contribution >= 4 is 23.3 Å². The minimum absolute atomic E-state index is 0.169. The average molecular weight is 344 g/mol. The molecule has 0 fully saturated rings. The van der Waals surface area contributed by atoms with Crippen molar-refractivity contribution in [2.24, 2.45) is 0 Å². The highest BCUT2D eigenvalue weighted by Crippen LogP contribution is 2.22. The molecule has 1 amide bonds. The number of benzene rings is 1. The van der Waals surface area contributed by atoms with Crippen LogP contribution in [0.15, 0.2) is 42.6 Å². The number of anilines is 1. The Kier molecular flexibility index (Phi) is 4.43. The van der Waals surface area contributed by atoms with Crippen molar-refractivity contribution in [2.75, 3.05) is 12.4 Å². The van der Waals surface area contributed by atoms with Gasteiger partial charge < -0.3 is 10.1 Å². The number of aromatic nitrogens is 4. The van der Waals surface area contributed by atoms with Gasteiger partial charge in [0.05, 0.1) is 17.8 Å². The summed E-state index contributed by atoms with van der Waals surface area (Å²) in [4.78, 5) is 12.2. The maximum Gasteiger partial charge on any atom is 0.277 e. The van der Waals surface area contributed by atoms with Crippen LogP contribution < -0.4 is 10.1 Å². The van der Waals surface area contributed by atoms with Crippen molar-refractivity contribution in [1.82, 2.24) is 20.0 Å². The van der Waals surface area contributed by atoms with Gasteiger partial charge >= 0.3 is 0 Å². The van der Waals surface area contributed by atoms with Crippen LogP contribution in [0, 0.1) is 6.92 Å². The minimum atomic E-state index is -0.405. The lowest BCUT2D eigenvalue weighted by Gasteiger charge is -2.04. The first kappa shape index (κ1) is 15.9.